The first kappa shape index (κ1) is 16.8. The van der Waals surface area contributed by atoms with Crippen molar-refractivity contribution < 1.29 is 14.3 Å². The van der Waals surface area contributed by atoms with E-state index in [1.165, 1.54) is 11.1 Å². The number of likely N-dealkylation sites (tertiary alicyclic amines) is 1. The van der Waals surface area contributed by atoms with Gasteiger partial charge in [-0.25, -0.2) is 4.79 Å². The summed E-state index contributed by atoms with van der Waals surface area (Å²) in [5.74, 6) is 0.0489. The van der Waals surface area contributed by atoms with E-state index >= 15 is 0 Å². The Balaban J connectivity index is 1.69. The predicted molar refractivity (Wildman–Crippen MR) is 91.5 cm³/mol. The Labute approximate surface area is 143 Å². The molecule has 3 rings (SSSR count). The minimum absolute atomic E-state index is 0.0489. The standard InChI is InChI=1S/C19H26N2O3/c1-19(2,3)24-18(23)21-11-6-9-16(21)17(22)20-12-10-14-7-4-5-8-15(14)13-20/h4-5,7-8,16H,6,9-13H2,1-3H3. The molecule has 5 nitrogen and oxygen atoms in total. The van der Waals surface area contributed by atoms with Crippen LogP contribution in [0.1, 0.15) is 44.7 Å². The van der Waals surface area contributed by atoms with Crippen LogP contribution in [-0.4, -0.2) is 46.5 Å². The SMILES string of the molecule is CC(C)(C)OC(=O)N1CCCC1C(=O)N1CCc2ccccc2C1. The van der Waals surface area contributed by atoms with Crippen LogP contribution in [0.5, 0.6) is 0 Å². The van der Waals surface area contributed by atoms with Gasteiger partial charge in [-0.3, -0.25) is 9.69 Å². The highest BCUT2D eigenvalue weighted by Gasteiger charge is 2.39. The van der Waals surface area contributed by atoms with Gasteiger partial charge in [-0.05, 0) is 51.2 Å². The lowest BCUT2D eigenvalue weighted by Crippen LogP contribution is -2.50. The molecule has 0 aromatic heterocycles. The average molecular weight is 330 g/mol. The van der Waals surface area contributed by atoms with Crippen molar-refractivity contribution in [2.45, 2.75) is 58.2 Å². The van der Waals surface area contributed by atoms with E-state index in [9.17, 15) is 9.59 Å². The second-order valence-electron chi connectivity index (χ2n) is 7.61. The summed E-state index contributed by atoms with van der Waals surface area (Å²) in [5.41, 5.74) is 1.98. The molecular formula is C19H26N2O3. The van der Waals surface area contributed by atoms with Crippen molar-refractivity contribution in [1.29, 1.82) is 0 Å². The summed E-state index contributed by atoms with van der Waals surface area (Å²) in [6.45, 7) is 7.48. The average Bonchev–Trinajstić information content (AvgIpc) is 3.02. The highest BCUT2D eigenvalue weighted by atomic mass is 16.6. The number of hydrogen-bond donors (Lipinski definition) is 0. The van der Waals surface area contributed by atoms with Crippen LogP contribution in [0.15, 0.2) is 24.3 Å². The minimum atomic E-state index is -0.544. The van der Waals surface area contributed by atoms with Gasteiger partial charge in [-0.2, -0.15) is 0 Å². The minimum Gasteiger partial charge on any atom is -0.444 e. The number of carbonyl (C=O) groups excluding carboxylic acids is 2. The van der Waals surface area contributed by atoms with E-state index in [1.807, 2.05) is 37.8 Å². The highest BCUT2D eigenvalue weighted by molar-refractivity contribution is 5.86. The van der Waals surface area contributed by atoms with Gasteiger partial charge in [0.05, 0.1) is 0 Å². The van der Waals surface area contributed by atoms with E-state index in [4.69, 9.17) is 4.74 Å². The molecule has 2 amide bonds. The number of rotatable bonds is 1. The summed E-state index contributed by atoms with van der Waals surface area (Å²) in [6, 6.07) is 7.87. The zero-order valence-electron chi connectivity index (χ0n) is 14.7. The van der Waals surface area contributed by atoms with Crippen LogP contribution >= 0.6 is 0 Å². The molecule has 5 heteroatoms. The maximum atomic E-state index is 13.0. The Morgan fingerprint density at radius 3 is 2.54 bits per heavy atom. The summed E-state index contributed by atoms with van der Waals surface area (Å²) in [4.78, 5) is 28.8. The Bertz CT molecular complexity index is 636. The third kappa shape index (κ3) is 3.55. The largest absolute Gasteiger partial charge is 0.444 e. The van der Waals surface area contributed by atoms with Gasteiger partial charge < -0.3 is 9.64 Å². The number of benzene rings is 1. The van der Waals surface area contributed by atoms with Gasteiger partial charge >= 0.3 is 6.09 Å². The molecule has 1 unspecified atom stereocenters. The van der Waals surface area contributed by atoms with Gasteiger partial charge in [-0.1, -0.05) is 24.3 Å². The summed E-state index contributed by atoms with van der Waals surface area (Å²) in [7, 11) is 0. The molecule has 1 aromatic carbocycles. The van der Waals surface area contributed by atoms with E-state index in [1.54, 1.807) is 4.90 Å². The maximum Gasteiger partial charge on any atom is 0.410 e. The fraction of sp³-hybridized carbons (Fsp3) is 0.579. The van der Waals surface area contributed by atoms with Crippen LogP contribution in [0, 0.1) is 0 Å². The van der Waals surface area contributed by atoms with Gasteiger partial charge in [-0.15, -0.1) is 0 Å². The van der Waals surface area contributed by atoms with E-state index < -0.39 is 5.60 Å². The Morgan fingerprint density at radius 2 is 1.83 bits per heavy atom. The number of amides is 2. The van der Waals surface area contributed by atoms with E-state index in [2.05, 4.69) is 12.1 Å². The number of fused-ring (bicyclic) bond motifs is 1. The Morgan fingerprint density at radius 1 is 1.12 bits per heavy atom. The van der Waals surface area contributed by atoms with Crippen LogP contribution in [0.3, 0.4) is 0 Å². The third-order valence-electron chi connectivity index (χ3n) is 4.61. The Hall–Kier alpha value is -2.04. The molecule has 1 fully saturated rings. The van der Waals surface area contributed by atoms with E-state index in [0.29, 0.717) is 19.6 Å². The second-order valence-corrected chi connectivity index (χ2v) is 7.61. The highest BCUT2D eigenvalue weighted by Crippen LogP contribution is 2.25. The maximum absolute atomic E-state index is 13.0. The smallest absolute Gasteiger partial charge is 0.410 e. The predicted octanol–water partition coefficient (Wildman–Crippen LogP) is 2.97. The first-order valence-electron chi connectivity index (χ1n) is 8.70. The molecule has 1 aromatic rings. The fourth-order valence-electron chi connectivity index (χ4n) is 3.46. The molecule has 2 heterocycles. The summed E-state index contributed by atoms with van der Waals surface area (Å²) in [6.07, 6.45) is 2.06. The molecule has 24 heavy (non-hydrogen) atoms. The lowest BCUT2D eigenvalue weighted by molar-refractivity contribution is -0.136. The lowest BCUT2D eigenvalue weighted by Gasteiger charge is -2.34. The third-order valence-corrected chi connectivity index (χ3v) is 4.61. The van der Waals surface area contributed by atoms with Gasteiger partial charge in [0.2, 0.25) is 5.91 Å². The van der Waals surface area contributed by atoms with Crippen LogP contribution < -0.4 is 0 Å². The topological polar surface area (TPSA) is 49.9 Å². The van der Waals surface area contributed by atoms with Gasteiger partial charge in [0.15, 0.2) is 0 Å². The number of hydrogen-bond acceptors (Lipinski definition) is 3. The fourth-order valence-corrected chi connectivity index (χ4v) is 3.46. The Kier molecular flexibility index (Phi) is 4.52. The van der Waals surface area contributed by atoms with Crippen LogP contribution in [-0.2, 0) is 22.5 Å². The van der Waals surface area contributed by atoms with Crippen molar-refractivity contribution in [3.63, 3.8) is 0 Å². The molecule has 0 radical (unpaired) electrons. The first-order valence-corrected chi connectivity index (χ1v) is 8.70. The zero-order chi connectivity index (χ0) is 17.3. The quantitative estimate of drug-likeness (QED) is 0.795. The van der Waals surface area contributed by atoms with Crippen molar-refractivity contribution >= 4 is 12.0 Å². The number of carbonyl (C=O) groups is 2. The zero-order valence-corrected chi connectivity index (χ0v) is 14.7. The summed E-state index contributed by atoms with van der Waals surface area (Å²) >= 11 is 0. The van der Waals surface area contributed by atoms with Crippen molar-refractivity contribution in [3.05, 3.63) is 35.4 Å². The number of ether oxygens (including phenoxy) is 1. The van der Waals surface area contributed by atoms with Crippen LogP contribution in [0.2, 0.25) is 0 Å². The van der Waals surface area contributed by atoms with Crippen LogP contribution in [0.25, 0.3) is 0 Å². The summed E-state index contributed by atoms with van der Waals surface area (Å²) in [5, 5.41) is 0. The molecule has 0 saturated carbocycles. The molecular weight excluding hydrogens is 304 g/mol. The molecule has 0 bridgehead atoms. The molecule has 1 atom stereocenters. The molecule has 130 valence electrons. The molecule has 0 aliphatic carbocycles. The summed E-state index contributed by atoms with van der Waals surface area (Å²) < 4.78 is 5.46. The van der Waals surface area contributed by atoms with Gasteiger partial charge in [0.25, 0.3) is 0 Å². The van der Waals surface area contributed by atoms with Crippen LogP contribution in [0.4, 0.5) is 4.79 Å². The molecule has 0 N–H and O–H groups in total. The van der Waals surface area contributed by atoms with Crippen molar-refractivity contribution in [3.8, 4) is 0 Å². The van der Waals surface area contributed by atoms with E-state index in [0.717, 1.165) is 19.3 Å². The lowest BCUT2D eigenvalue weighted by atomic mass is 9.99. The van der Waals surface area contributed by atoms with Gasteiger partial charge in [0.1, 0.15) is 11.6 Å². The van der Waals surface area contributed by atoms with Gasteiger partial charge in [0, 0.05) is 19.6 Å². The molecule has 2 aliphatic rings. The van der Waals surface area contributed by atoms with Crippen molar-refractivity contribution in [1.82, 2.24) is 9.80 Å². The molecule has 1 saturated heterocycles. The van der Waals surface area contributed by atoms with Crippen molar-refractivity contribution in [2.24, 2.45) is 0 Å². The number of nitrogens with zero attached hydrogens (tertiary/aromatic N) is 2. The second kappa shape index (κ2) is 6.46. The monoisotopic (exact) mass is 330 g/mol. The van der Waals surface area contributed by atoms with Crippen molar-refractivity contribution in [2.75, 3.05) is 13.1 Å². The first-order chi connectivity index (χ1) is 11.3. The molecule has 0 spiro atoms. The molecule has 2 aliphatic heterocycles. The normalized spacial score (nSPS) is 20.7. The van der Waals surface area contributed by atoms with E-state index in [-0.39, 0.29) is 18.0 Å².